The van der Waals surface area contributed by atoms with Crippen LogP contribution >= 0.6 is 15.9 Å². The van der Waals surface area contributed by atoms with Crippen LogP contribution in [0.25, 0.3) is 22.3 Å². The molecule has 2 aromatic carbocycles. The minimum Gasteiger partial charge on any atom is -0.494 e. The van der Waals surface area contributed by atoms with Crippen LogP contribution in [-0.2, 0) is 0 Å². The third-order valence-electron chi connectivity index (χ3n) is 6.35. The van der Waals surface area contributed by atoms with E-state index in [4.69, 9.17) is 15.5 Å². The third-order valence-corrected chi connectivity index (χ3v) is 6.93. The summed E-state index contributed by atoms with van der Waals surface area (Å²) in [6.45, 7) is 7.67. The molecule has 2 heterocycles. The number of nitrogens with zero attached hydrogens (tertiary/aromatic N) is 6. The molecule has 11 heteroatoms. The number of nitrogens with one attached hydrogen (secondary N) is 1. The van der Waals surface area contributed by atoms with E-state index in [0.717, 1.165) is 30.1 Å². The molecule has 9 nitrogen and oxygen atoms in total. The smallest absolute Gasteiger partial charge is 0.227 e. The predicted molar refractivity (Wildman–Crippen MR) is 156 cm³/mol. The van der Waals surface area contributed by atoms with Crippen molar-refractivity contribution in [1.29, 1.82) is 0 Å². The fourth-order valence-electron chi connectivity index (χ4n) is 4.46. The summed E-state index contributed by atoms with van der Waals surface area (Å²) in [5, 5.41) is 3.22. The first-order chi connectivity index (χ1) is 18.0. The summed E-state index contributed by atoms with van der Waals surface area (Å²) in [6.07, 6.45) is 1.64. The van der Waals surface area contributed by atoms with Crippen LogP contribution in [0.15, 0.2) is 34.9 Å². The number of nitrogens with two attached hydrogens (primary N) is 1. The number of anilines is 4. The van der Waals surface area contributed by atoms with Crippen molar-refractivity contribution >= 4 is 50.0 Å². The lowest BCUT2D eigenvalue weighted by molar-refractivity contribution is 0.413. The average Bonchev–Trinajstić information content (AvgIpc) is 3.20. The molecule has 0 aliphatic rings. The fraction of sp³-hybridized carbons (Fsp3) is 0.370. The Balaban J connectivity index is 1.71. The highest BCUT2D eigenvalue weighted by Gasteiger charge is 2.19. The van der Waals surface area contributed by atoms with Gasteiger partial charge in [-0.15, -0.1) is 0 Å². The molecule has 0 bridgehead atoms. The Morgan fingerprint density at radius 2 is 1.87 bits per heavy atom. The zero-order chi connectivity index (χ0) is 27.7. The molecule has 0 saturated carbocycles. The second-order valence-corrected chi connectivity index (χ2v) is 10.7. The molecule has 2 aromatic heterocycles. The van der Waals surface area contributed by atoms with Crippen molar-refractivity contribution in [3.8, 4) is 17.0 Å². The van der Waals surface area contributed by atoms with E-state index < -0.39 is 5.82 Å². The van der Waals surface area contributed by atoms with Gasteiger partial charge in [0, 0.05) is 44.0 Å². The molecule has 0 saturated heterocycles. The summed E-state index contributed by atoms with van der Waals surface area (Å²) in [6, 6.07) is 7.19. The first-order valence-corrected chi connectivity index (χ1v) is 13.1. The number of imidazole rings is 1. The summed E-state index contributed by atoms with van der Waals surface area (Å²) >= 11 is 3.53. The van der Waals surface area contributed by atoms with Crippen LogP contribution < -0.4 is 20.7 Å². The molecule has 0 spiro atoms. The second-order valence-electron chi connectivity index (χ2n) is 9.80. The molecule has 38 heavy (non-hydrogen) atoms. The predicted octanol–water partition coefficient (Wildman–Crippen LogP) is 5.62. The Kier molecular flexibility index (Phi) is 8.08. The van der Waals surface area contributed by atoms with Crippen LogP contribution in [0.3, 0.4) is 0 Å². The van der Waals surface area contributed by atoms with Crippen LogP contribution in [0, 0.1) is 12.7 Å². The van der Waals surface area contributed by atoms with Crippen LogP contribution in [0.4, 0.5) is 27.4 Å². The Morgan fingerprint density at radius 3 is 2.53 bits per heavy atom. The molecular formula is C27H34BrFN8O. The van der Waals surface area contributed by atoms with Crippen molar-refractivity contribution < 1.29 is 9.13 Å². The first kappa shape index (κ1) is 27.6. The Hall–Kier alpha value is -3.44. The highest BCUT2D eigenvalue weighted by atomic mass is 79.9. The number of methoxy groups -OCH3 is 1. The lowest BCUT2D eigenvalue weighted by Crippen LogP contribution is -2.29. The van der Waals surface area contributed by atoms with E-state index in [9.17, 15) is 0 Å². The zero-order valence-electron chi connectivity index (χ0n) is 22.8. The van der Waals surface area contributed by atoms with E-state index in [-0.39, 0.29) is 6.04 Å². The van der Waals surface area contributed by atoms with Crippen molar-refractivity contribution in [3.05, 3.63) is 46.6 Å². The van der Waals surface area contributed by atoms with Crippen molar-refractivity contribution in [2.45, 2.75) is 26.8 Å². The van der Waals surface area contributed by atoms with Crippen molar-refractivity contribution in [2.75, 3.05) is 57.3 Å². The first-order valence-electron chi connectivity index (χ1n) is 12.3. The molecule has 4 aromatic rings. The lowest BCUT2D eigenvalue weighted by Gasteiger charge is -2.24. The van der Waals surface area contributed by atoms with Crippen LogP contribution in [0.5, 0.6) is 5.75 Å². The van der Waals surface area contributed by atoms with Gasteiger partial charge in [-0.25, -0.2) is 19.3 Å². The van der Waals surface area contributed by atoms with E-state index in [1.807, 2.05) is 58.6 Å². The van der Waals surface area contributed by atoms with Crippen molar-refractivity contribution in [1.82, 2.24) is 24.4 Å². The Bertz CT molecular complexity index is 1470. The molecule has 0 amide bonds. The standard InChI is InChI=1S/C27H34BrFN8O/c1-15(2)37-16(3)32-26-19(29)10-17(11-23(26)37)25-18(28)14-31-27(34-25)33-21-12-20(30)22(13-24(21)38-7)36(6)9-8-35(4)5/h10-15H,8-9,30H2,1-7H3,(H,31,33,34). The molecule has 0 aliphatic carbocycles. The number of benzene rings is 2. The molecule has 3 N–H and O–H groups in total. The molecule has 0 atom stereocenters. The number of hydrogen-bond acceptors (Lipinski definition) is 8. The van der Waals surface area contributed by atoms with Gasteiger partial charge in [-0.3, -0.25) is 0 Å². The van der Waals surface area contributed by atoms with Gasteiger partial charge in [-0.2, -0.15) is 0 Å². The van der Waals surface area contributed by atoms with E-state index in [2.05, 4.69) is 41.0 Å². The minimum atomic E-state index is -0.400. The number of hydrogen-bond donors (Lipinski definition) is 2. The van der Waals surface area contributed by atoms with Gasteiger partial charge in [0.2, 0.25) is 5.95 Å². The molecule has 0 aliphatic heterocycles. The maximum absolute atomic E-state index is 15.1. The summed E-state index contributed by atoms with van der Waals surface area (Å²) in [5.41, 5.74) is 10.7. The molecule has 0 unspecified atom stereocenters. The number of rotatable bonds is 9. The van der Waals surface area contributed by atoms with E-state index in [0.29, 0.717) is 44.3 Å². The van der Waals surface area contributed by atoms with Crippen LogP contribution in [0.1, 0.15) is 25.7 Å². The maximum Gasteiger partial charge on any atom is 0.227 e. The van der Waals surface area contributed by atoms with E-state index >= 15 is 4.39 Å². The topological polar surface area (TPSA) is 97.4 Å². The molecular weight excluding hydrogens is 551 g/mol. The van der Waals surface area contributed by atoms with Crippen LogP contribution in [0.2, 0.25) is 0 Å². The van der Waals surface area contributed by atoms with Gasteiger partial charge in [0.15, 0.2) is 5.82 Å². The van der Waals surface area contributed by atoms with E-state index in [1.165, 1.54) is 6.07 Å². The van der Waals surface area contributed by atoms with Gasteiger partial charge in [-0.1, -0.05) is 0 Å². The summed E-state index contributed by atoms with van der Waals surface area (Å²) < 4.78 is 23.4. The largest absolute Gasteiger partial charge is 0.494 e. The average molecular weight is 586 g/mol. The van der Waals surface area contributed by atoms with Gasteiger partial charge in [0.1, 0.15) is 17.1 Å². The van der Waals surface area contributed by atoms with Gasteiger partial charge in [0.25, 0.3) is 0 Å². The van der Waals surface area contributed by atoms with Crippen LogP contribution in [-0.4, -0.2) is 65.8 Å². The third kappa shape index (κ3) is 5.53. The summed E-state index contributed by atoms with van der Waals surface area (Å²) in [4.78, 5) is 17.7. The number of nitrogen functional groups attached to an aromatic ring is 1. The number of likely N-dealkylation sites (N-methyl/N-ethyl adjacent to an activating group) is 2. The van der Waals surface area contributed by atoms with Gasteiger partial charge in [-0.05, 0) is 69.0 Å². The maximum atomic E-state index is 15.1. The number of aryl methyl sites for hydroxylation is 1. The van der Waals surface area contributed by atoms with Gasteiger partial charge < -0.3 is 30.2 Å². The molecule has 0 fully saturated rings. The quantitative estimate of drug-likeness (QED) is 0.245. The highest BCUT2D eigenvalue weighted by Crippen LogP contribution is 2.37. The Morgan fingerprint density at radius 1 is 1.13 bits per heavy atom. The summed E-state index contributed by atoms with van der Waals surface area (Å²) in [7, 11) is 7.66. The number of aromatic nitrogens is 4. The fourth-order valence-corrected chi connectivity index (χ4v) is 4.88. The highest BCUT2D eigenvalue weighted by molar-refractivity contribution is 9.10. The monoisotopic (exact) mass is 584 g/mol. The van der Waals surface area contributed by atoms with Crippen molar-refractivity contribution in [2.24, 2.45) is 0 Å². The lowest BCUT2D eigenvalue weighted by atomic mass is 10.1. The normalized spacial score (nSPS) is 11.6. The van der Waals surface area contributed by atoms with Gasteiger partial charge >= 0.3 is 0 Å². The zero-order valence-corrected chi connectivity index (χ0v) is 24.4. The second kappa shape index (κ2) is 11.1. The SMILES string of the molecule is COc1cc(N(C)CCN(C)C)c(N)cc1Nc1ncc(Br)c(-c2cc(F)c3nc(C)n(C(C)C)c3c2)n1. The summed E-state index contributed by atoms with van der Waals surface area (Å²) in [5.74, 6) is 1.28. The number of ether oxygens (including phenoxy) is 1. The van der Waals surface area contributed by atoms with E-state index in [1.54, 1.807) is 19.4 Å². The Labute approximate surface area is 231 Å². The van der Waals surface area contributed by atoms with Crippen molar-refractivity contribution in [3.63, 3.8) is 0 Å². The van der Waals surface area contributed by atoms with Gasteiger partial charge in [0.05, 0.1) is 39.9 Å². The number of halogens is 2. The molecule has 0 radical (unpaired) electrons. The minimum absolute atomic E-state index is 0.128. The molecule has 4 rings (SSSR count). The molecule has 202 valence electrons. The number of fused-ring (bicyclic) bond motifs is 1.